The molecule has 24 heavy (non-hydrogen) atoms. The first-order chi connectivity index (χ1) is 11.1. The van der Waals surface area contributed by atoms with Gasteiger partial charge in [0.25, 0.3) is 5.56 Å². The number of aromatic nitrogens is 2. The third kappa shape index (κ3) is 4.49. The summed E-state index contributed by atoms with van der Waals surface area (Å²) in [4.78, 5) is 25.8. The van der Waals surface area contributed by atoms with Crippen LogP contribution in [0.15, 0.2) is 15.8 Å². The van der Waals surface area contributed by atoms with Crippen molar-refractivity contribution >= 4 is 28.6 Å². The molecule has 1 aromatic rings. The highest BCUT2D eigenvalue weighted by Crippen LogP contribution is 2.57. The topological polar surface area (TPSA) is 131 Å². The van der Waals surface area contributed by atoms with E-state index in [4.69, 9.17) is 27.2 Å². The standard InChI is InChI=1S/C12H17Cl2N2O7P/c1-2-3-16-4-6(11(19)15-12(16)20)10-9(18)8(17)7(23-10)5-22-24(13,14)21/h4,7-10,17-18H,2-3,5H2,1H3,(H,15,19,20)/t7-,8?,9?,10?/m1/s1. The van der Waals surface area contributed by atoms with E-state index < -0.39 is 48.3 Å². The van der Waals surface area contributed by atoms with Crippen LogP contribution in [0.2, 0.25) is 0 Å². The molecule has 0 saturated carbocycles. The lowest BCUT2D eigenvalue weighted by Gasteiger charge is -2.15. The Hall–Kier alpha value is -0.670. The van der Waals surface area contributed by atoms with E-state index in [9.17, 15) is 24.4 Å². The third-order valence-corrected chi connectivity index (χ3v) is 4.60. The highest BCUT2D eigenvalue weighted by atomic mass is 35.9. The van der Waals surface area contributed by atoms with Gasteiger partial charge < -0.3 is 24.0 Å². The van der Waals surface area contributed by atoms with Crippen LogP contribution in [0, 0.1) is 0 Å². The van der Waals surface area contributed by atoms with E-state index in [0.29, 0.717) is 13.0 Å². The maximum atomic E-state index is 12.0. The summed E-state index contributed by atoms with van der Waals surface area (Å²) < 4.78 is 22.5. The Morgan fingerprint density at radius 2 is 2.04 bits per heavy atom. The Morgan fingerprint density at radius 1 is 1.38 bits per heavy atom. The second-order valence-electron chi connectivity index (χ2n) is 5.32. The van der Waals surface area contributed by atoms with Crippen molar-refractivity contribution in [2.75, 3.05) is 6.61 Å². The molecule has 0 aliphatic carbocycles. The normalized spacial score (nSPS) is 27.5. The predicted molar refractivity (Wildman–Crippen MR) is 86.5 cm³/mol. The van der Waals surface area contributed by atoms with Gasteiger partial charge in [-0.25, -0.2) is 4.79 Å². The molecule has 0 spiro atoms. The van der Waals surface area contributed by atoms with Crippen LogP contribution in [0.3, 0.4) is 0 Å². The van der Waals surface area contributed by atoms with Crippen molar-refractivity contribution in [2.24, 2.45) is 0 Å². The number of hydrogen-bond donors (Lipinski definition) is 3. The molecule has 2 heterocycles. The van der Waals surface area contributed by atoms with Gasteiger partial charge in [-0.2, -0.15) is 0 Å². The van der Waals surface area contributed by atoms with E-state index in [0.717, 1.165) is 0 Å². The number of aliphatic hydroxyl groups is 2. The molecule has 3 N–H and O–H groups in total. The van der Waals surface area contributed by atoms with Gasteiger partial charge in [0.1, 0.15) is 24.4 Å². The molecule has 1 saturated heterocycles. The molecule has 1 fully saturated rings. The molecule has 0 bridgehead atoms. The second kappa shape index (κ2) is 7.70. The van der Waals surface area contributed by atoms with Gasteiger partial charge in [0.05, 0.1) is 12.2 Å². The zero-order valence-corrected chi connectivity index (χ0v) is 15.0. The zero-order valence-electron chi connectivity index (χ0n) is 12.6. The minimum absolute atomic E-state index is 0.0166. The molecule has 0 aromatic carbocycles. The SMILES string of the molecule is CCCn1cc(C2O[C@H](COP(=O)(Cl)Cl)C(O)C2O)c(=O)[nH]c1=O. The van der Waals surface area contributed by atoms with Crippen LogP contribution in [-0.2, 0) is 20.4 Å². The molecule has 136 valence electrons. The molecule has 0 radical (unpaired) electrons. The first-order valence-corrected chi connectivity index (χ1v) is 10.6. The molecule has 4 atom stereocenters. The van der Waals surface area contributed by atoms with E-state index in [1.54, 1.807) is 0 Å². The van der Waals surface area contributed by atoms with Crippen LogP contribution in [-0.4, -0.2) is 44.7 Å². The van der Waals surface area contributed by atoms with Gasteiger partial charge in [0, 0.05) is 12.7 Å². The molecule has 12 heteroatoms. The Balaban J connectivity index is 2.26. The van der Waals surface area contributed by atoms with Crippen molar-refractivity contribution in [3.05, 3.63) is 32.6 Å². The lowest BCUT2D eigenvalue weighted by Crippen LogP contribution is -2.36. The number of rotatable bonds is 6. The van der Waals surface area contributed by atoms with Crippen LogP contribution < -0.4 is 11.2 Å². The minimum atomic E-state index is -3.83. The van der Waals surface area contributed by atoms with Gasteiger partial charge in [-0.15, -0.1) is 0 Å². The first kappa shape index (κ1) is 19.7. The number of aryl methyl sites for hydroxylation is 1. The van der Waals surface area contributed by atoms with Crippen molar-refractivity contribution in [1.82, 2.24) is 9.55 Å². The molecular formula is C12H17Cl2N2O7P. The molecule has 0 amide bonds. The van der Waals surface area contributed by atoms with E-state index in [1.165, 1.54) is 10.8 Å². The number of ether oxygens (including phenoxy) is 1. The minimum Gasteiger partial charge on any atom is -0.387 e. The van der Waals surface area contributed by atoms with Crippen molar-refractivity contribution in [1.29, 1.82) is 0 Å². The van der Waals surface area contributed by atoms with Crippen LogP contribution in [0.25, 0.3) is 0 Å². The summed E-state index contributed by atoms with van der Waals surface area (Å²) in [5, 5.41) is 20.1. The van der Waals surface area contributed by atoms with E-state index in [-0.39, 0.29) is 5.56 Å². The summed E-state index contributed by atoms with van der Waals surface area (Å²) >= 11 is 10.5. The number of nitrogens with zero attached hydrogens (tertiary/aromatic N) is 1. The summed E-state index contributed by atoms with van der Waals surface area (Å²) in [6, 6.07) is 0. The number of H-pyrrole nitrogens is 1. The average Bonchev–Trinajstić information content (AvgIpc) is 2.75. The maximum Gasteiger partial charge on any atom is 0.380 e. The van der Waals surface area contributed by atoms with Crippen molar-refractivity contribution in [3.63, 3.8) is 0 Å². The lowest BCUT2D eigenvalue weighted by molar-refractivity contribution is -0.0159. The monoisotopic (exact) mass is 402 g/mol. The van der Waals surface area contributed by atoms with Gasteiger partial charge in [-0.3, -0.25) is 14.3 Å². The van der Waals surface area contributed by atoms with Crippen molar-refractivity contribution in [3.8, 4) is 0 Å². The summed E-state index contributed by atoms with van der Waals surface area (Å²) in [5.74, 6) is 0. The fraction of sp³-hybridized carbons (Fsp3) is 0.667. The molecule has 1 aliphatic rings. The van der Waals surface area contributed by atoms with Crippen LogP contribution in [0.1, 0.15) is 25.0 Å². The number of aliphatic hydroxyl groups excluding tert-OH is 2. The average molecular weight is 403 g/mol. The van der Waals surface area contributed by atoms with E-state index in [2.05, 4.69) is 9.51 Å². The summed E-state index contributed by atoms with van der Waals surface area (Å²) in [6.07, 6.45) is -7.05. The van der Waals surface area contributed by atoms with E-state index >= 15 is 0 Å². The quantitative estimate of drug-likeness (QED) is 0.597. The Bertz CT molecular complexity index is 746. The maximum absolute atomic E-state index is 12.0. The van der Waals surface area contributed by atoms with Crippen LogP contribution in [0.4, 0.5) is 0 Å². The van der Waals surface area contributed by atoms with Gasteiger partial charge in [-0.1, -0.05) is 6.92 Å². The highest BCUT2D eigenvalue weighted by Gasteiger charge is 2.45. The van der Waals surface area contributed by atoms with Crippen molar-refractivity contribution in [2.45, 2.75) is 44.3 Å². The summed E-state index contributed by atoms with van der Waals surface area (Å²) in [7, 11) is 0. The van der Waals surface area contributed by atoms with Gasteiger partial charge in [0.15, 0.2) is 0 Å². The summed E-state index contributed by atoms with van der Waals surface area (Å²) in [6.45, 7) is 1.78. The molecule has 9 nitrogen and oxygen atoms in total. The Kier molecular flexibility index (Phi) is 6.30. The number of aromatic amines is 1. The zero-order chi connectivity index (χ0) is 18.1. The second-order valence-corrected chi connectivity index (χ2v) is 9.60. The molecule has 1 aliphatic heterocycles. The van der Waals surface area contributed by atoms with Gasteiger partial charge in [-0.05, 0) is 28.9 Å². The summed E-state index contributed by atoms with van der Waals surface area (Å²) in [5.41, 5.74) is -1.33. The largest absolute Gasteiger partial charge is 0.387 e. The van der Waals surface area contributed by atoms with Gasteiger partial charge >= 0.3 is 11.8 Å². The molecule has 1 aromatic heterocycles. The molecule has 2 rings (SSSR count). The van der Waals surface area contributed by atoms with Crippen LogP contribution in [0.5, 0.6) is 0 Å². The highest BCUT2D eigenvalue weighted by molar-refractivity contribution is 8.05. The predicted octanol–water partition coefficient (Wildman–Crippen LogP) is 0.711. The number of hydrogen-bond acceptors (Lipinski definition) is 7. The Morgan fingerprint density at radius 3 is 2.62 bits per heavy atom. The lowest BCUT2D eigenvalue weighted by atomic mass is 10.0. The van der Waals surface area contributed by atoms with E-state index in [1.807, 2.05) is 6.92 Å². The Labute approximate surface area is 146 Å². The first-order valence-electron chi connectivity index (χ1n) is 7.13. The fourth-order valence-electron chi connectivity index (χ4n) is 2.44. The fourth-order valence-corrected chi connectivity index (χ4v) is 3.10. The molecule has 3 unspecified atom stereocenters. The van der Waals surface area contributed by atoms with Gasteiger partial charge in [0.2, 0.25) is 0 Å². The molecular weight excluding hydrogens is 386 g/mol. The third-order valence-electron chi connectivity index (χ3n) is 3.56. The van der Waals surface area contributed by atoms with Crippen LogP contribution >= 0.6 is 28.6 Å². The van der Waals surface area contributed by atoms with Crippen molar-refractivity contribution < 1.29 is 24.0 Å². The number of nitrogens with one attached hydrogen (secondary N) is 1. The number of halogens is 2. The smallest absolute Gasteiger partial charge is 0.380 e.